The number of nitrogens with zero attached hydrogens (tertiary/aromatic N) is 2. The standard InChI is InChI=1S/C28H36BrN3O3/c1-27(2,3)20-13-18(14-21(24(20)34)28(4,5)6)22(33)16-32-15-19(26(35)30-7)23(25(32)31-29)17-11-9-8-10-12-17/h8-14,19,23,34H,15-16H2,1-7H3,(H,30,35)/t19-,23+/m0/s1. The Morgan fingerprint density at radius 3 is 2.06 bits per heavy atom. The molecule has 35 heavy (non-hydrogen) atoms. The molecule has 7 heteroatoms. The Labute approximate surface area is 217 Å². The van der Waals surface area contributed by atoms with E-state index in [1.807, 2.05) is 76.8 Å². The Hall–Kier alpha value is -2.67. The van der Waals surface area contributed by atoms with Crippen LogP contribution < -0.4 is 5.32 Å². The minimum atomic E-state index is -0.374. The van der Waals surface area contributed by atoms with Crippen LogP contribution in [0.3, 0.4) is 0 Å². The second-order valence-corrected chi connectivity index (χ2v) is 11.6. The molecule has 0 bridgehead atoms. The zero-order chi connectivity index (χ0) is 26.1. The van der Waals surface area contributed by atoms with Gasteiger partial charge in [-0.05, 0) is 28.5 Å². The van der Waals surface area contributed by atoms with Crippen LogP contribution in [0.1, 0.15) is 74.5 Å². The second-order valence-electron chi connectivity index (χ2n) is 11.3. The summed E-state index contributed by atoms with van der Waals surface area (Å²) in [5.74, 6) is 0.0921. The Bertz CT molecular complexity index is 1100. The van der Waals surface area contributed by atoms with Crippen LogP contribution in [0.5, 0.6) is 5.75 Å². The number of nitrogens with one attached hydrogen (secondary N) is 1. The van der Waals surface area contributed by atoms with Gasteiger partial charge in [0.2, 0.25) is 5.91 Å². The van der Waals surface area contributed by atoms with Crippen molar-refractivity contribution in [3.05, 3.63) is 64.7 Å². The summed E-state index contributed by atoms with van der Waals surface area (Å²) in [5, 5.41) is 13.8. The van der Waals surface area contributed by atoms with E-state index in [1.54, 1.807) is 19.2 Å². The summed E-state index contributed by atoms with van der Waals surface area (Å²) in [4.78, 5) is 28.3. The first-order valence-electron chi connectivity index (χ1n) is 11.9. The summed E-state index contributed by atoms with van der Waals surface area (Å²) in [7, 11) is 1.63. The first kappa shape index (κ1) is 26.9. The van der Waals surface area contributed by atoms with E-state index < -0.39 is 0 Å². The predicted octanol–water partition coefficient (Wildman–Crippen LogP) is 5.34. The van der Waals surface area contributed by atoms with E-state index in [2.05, 4.69) is 25.5 Å². The van der Waals surface area contributed by atoms with Crippen LogP contribution >= 0.6 is 16.1 Å². The van der Waals surface area contributed by atoms with Crippen LogP contribution in [0.25, 0.3) is 0 Å². The number of Topliss-reactive ketones (excluding diaryl/α,β-unsaturated/α-hetero) is 1. The summed E-state index contributed by atoms with van der Waals surface area (Å²) < 4.78 is 4.35. The average Bonchev–Trinajstić information content (AvgIpc) is 3.15. The lowest BCUT2D eigenvalue weighted by atomic mass is 9.78. The molecule has 0 radical (unpaired) electrons. The number of hydrogen-bond acceptors (Lipinski definition) is 4. The van der Waals surface area contributed by atoms with E-state index >= 15 is 0 Å². The first-order chi connectivity index (χ1) is 16.3. The Morgan fingerprint density at radius 1 is 1.06 bits per heavy atom. The summed E-state index contributed by atoms with van der Waals surface area (Å²) in [6.07, 6.45) is 0. The van der Waals surface area contributed by atoms with Crippen molar-refractivity contribution in [2.45, 2.75) is 58.3 Å². The Balaban J connectivity index is 2.01. The minimum absolute atomic E-state index is 0.0825. The predicted molar refractivity (Wildman–Crippen MR) is 145 cm³/mol. The van der Waals surface area contributed by atoms with Gasteiger partial charge < -0.3 is 15.3 Å². The molecule has 1 aliphatic rings. The molecule has 188 valence electrons. The molecule has 1 heterocycles. The van der Waals surface area contributed by atoms with E-state index in [0.29, 0.717) is 17.9 Å². The maximum atomic E-state index is 13.6. The molecule has 2 aromatic carbocycles. The van der Waals surface area contributed by atoms with Gasteiger partial charge in [-0.2, -0.15) is 4.02 Å². The first-order valence-corrected chi connectivity index (χ1v) is 12.6. The van der Waals surface area contributed by atoms with E-state index in [4.69, 9.17) is 0 Å². The maximum Gasteiger partial charge on any atom is 0.225 e. The van der Waals surface area contributed by atoms with Crippen LogP contribution in [0.4, 0.5) is 0 Å². The maximum absolute atomic E-state index is 13.6. The lowest BCUT2D eigenvalue weighted by Gasteiger charge is -2.28. The molecule has 1 aliphatic heterocycles. The van der Waals surface area contributed by atoms with Crippen molar-refractivity contribution in [1.29, 1.82) is 0 Å². The summed E-state index contributed by atoms with van der Waals surface area (Å²) in [6, 6.07) is 13.4. The molecule has 6 nitrogen and oxygen atoms in total. The van der Waals surface area contributed by atoms with Crippen molar-refractivity contribution in [2.75, 3.05) is 20.1 Å². The van der Waals surface area contributed by atoms with E-state index in [1.165, 1.54) is 0 Å². The van der Waals surface area contributed by atoms with Crippen LogP contribution in [0.2, 0.25) is 0 Å². The number of rotatable bonds is 5. The topological polar surface area (TPSA) is 82.0 Å². The summed E-state index contributed by atoms with van der Waals surface area (Å²) in [5.41, 5.74) is 2.34. The number of amides is 1. The number of hydrogen-bond donors (Lipinski definition) is 2. The number of benzene rings is 2. The molecule has 0 aromatic heterocycles. The van der Waals surface area contributed by atoms with Gasteiger partial charge in [0.1, 0.15) is 11.6 Å². The number of carbonyl (C=O) groups is 2. The van der Waals surface area contributed by atoms with E-state index in [9.17, 15) is 14.7 Å². The fourth-order valence-corrected chi connectivity index (χ4v) is 5.17. The van der Waals surface area contributed by atoms with Crippen LogP contribution in [0.15, 0.2) is 46.5 Å². The van der Waals surface area contributed by atoms with Crippen LogP contribution in [-0.2, 0) is 15.6 Å². The van der Waals surface area contributed by atoms with E-state index in [-0.39, 0.29) is 46.7 Å². The molecule has 0 spiro atoms. The lowest BCUT2D eigenvalue weighted by molar-refractivity contribution is -0.124. The Kier molecular flexibility index (Phi) is 7.80. The van der Waals surface area contributed by atoms with Crippen molar-refractivity contribution < 1.29 is 14.7 Å². The molecule has 2 aromatic rings. The van der Waals surface area contributed by atoms with Crippen molar-refractivity contribution in [1.82, 2.24) is 10.2 Å². The molecule has 0 saturated carbocycles. The van der Waals surface area contributed by atoms with Gasteiger partial charge >= 0.3 is 0 Å². The molecular weight excluding hydrogens is 506 g/mol. The molecule has 1 saturated heterocycles. The summed E-state index contributed by atoms with van der Waals surface area (Å²) >= 11 is 3.25. The molecule has 2 atom stereocenters. The second kappa shape index (κ2) is 10.1. The molecule has 1 fully saturated rings. The van der Waals surface area contributed by atoms with Gasteiger partial charge in [0, 0.05) is 30.3 Å². The smallest absolute Gasteiger partial charge is 0.225 e. The van der Waals surface area contributed by atoms with Gasteiger partial charge in [-0.25, -0.2) is 0 Å². The van der Waals surface area contributed by atoms with Gasteiger partial charge in [-0.3, -0.25) is 9.59 Å². The molecule has 3 rings (SSSR count). The number of phenols is 1. The largest absolute Gasteiger partial charge is 0.507 e. The third-order valence-electron chi connectivity index (χ3n) is 6.63. The SMILES string of the molecule is CNC(=O)[C@H]1CN(CC(=O)c2cc(C(C)(C)C)c(O)c(C(C)(C)C)c2)C(=NBr)[C@@H]1c1ccccc1. The number of ketones is 1. The van der Waals surface area contributed by atoms with Gasteiger partial charge in [0.05, 0.1) is 34.5 Å². The fraction of sp³-hybridized carbons (Fsp3) is 0.464. The highest BCUT2D eigenvalue weighted by atomic mass is 79.9. The number of halogens is 1. The van der Waals surface area contributed by atoms with Gasteiger partial charge in [0.15, 0.2) is 5.78 Å². The average molecular weight is 543 g/mol. The van der Waals surface area contributed by atoms with Gasteiger partial charge in [-0.1, -0.05) is 71.9 Å². The number of amidine groups is 1. The van der Waals surface area contributed by atoms with Gasteiger partial charge in [0.25, 0.3) is 0 Å². The normalized spacial score (nSPS) is 19.8. The van der Waals surface area contributed by atoms with Crippen molar-refractivity contribution in [3.8, 4) is 5.75 Å². The zero-order valence-electron chi connectivity index (χ0n) is 21.6. The number of phenolic OH excluding ortho intramolecular Hbond substituents is 1. The molecule has 0 aliphatic carbocycles. The third kappa shape index (κ3) is 5.61. The van der Waals surface area contributed by atoms with Crippen molar-refractivity contribution >= 4 is 33.7 Å². The minimum Gasteiger partial charge on any atom is -0.507 e. The zero-order valence-corrected chi connectivity index (χ0v) is 23.2. The summed E-state index contributed by atoms with van der Waals surface area (Å²) in [6.45, 7) is 12.6. The highest BCUT2D eigenvalue weighted by Crippen LogP contribution is 2.40. The monoisotopic (exact) mass is 541 g/mol. The lowest BCUT2D eigenvalue weighted by Crippen LogP contribution is -2.34. The highest BCUT2D eigenvalue weighted by molar-refractivity contribution is 9.08. The van der Waals surface area contributed by atoms with Crippen molar-refractivity contribution in [2.24, 2.45) is 9.94 Å². The fourth-order valence-electron chi connectivity index (χ4n) is 4.73. The Morgan fingerprint density at radius 2 is 1.60 bits per heavy atom. The number of carbonyl (C=O) groups excluding carboxylic acids is 2. The molecule has 0 unspecified atom stereocenters. The molecule has 1 amide bonds. The van der Waals surface area contributed by atoms with E-state index in [0.717, 1.165) is 16.7 Å². The number of aromatic hydroxyl groups is 1. The van der Waals surface area contributed by atoms with Crippen LogP contribution in [-0.4, -0.2) is 47.7 Å². The van der Waals surface area contributed by atoms with Crippen molar-refractivity contribution in [3.63, 3.8) is 0 Å². The molecular formula is C28H36BrN3O3. The number of likely N-dealkylation sites (tertiary alicyclic amines) is 1. The quantitative estimate of drug-likeness (QED) is 0.500. The third-order valence-corrected chi connectivity index (χ3v) is 7.00. The highest BCUT2D eigenvalue weighted by Gasteiger charge is 2.43. The molecule has 2 N–H and O–H groups in total. The van der Waals surface area contributed by atoms with Gasteiger partial charge in [-0.15, -0.1) is 0 Å². The van der Waals surface area contributed by atoms with Crippen LogP contribution in [0, 0.1) is 5.92 Å².